The number of benzene rings is 2. The van der Waals surface area contributed by atoms with Crippen LogP contribution in [0.2, 0.25) is 0 Å². The summed E-state index contributed by atoms with van der Waals surface area (Å²) in [6.07, 6.45) is 0. The van der Waals surface area contributed by atoms with Crippen LogP contribution in [0.3, 0.4) is 0 Å². The Morgan fingerprint density at radius 2 is 1.44 bits per heavy atom. The number of Topliss-reactive ketones (excluding diaryl/α,β-unsaturated/α-hetero) is 2. The highest BCUT2D eigenvalue weighted by Crippen LogP contribution is 2.22. The van der Waals surface area contributed by atoms with Crippen molar-refractivity contribution in [1.82, 2.24) is 0 Å². The van der Waals surface area contributed by atoms with Gasteiger partial charge in [0.05, 0.1) is 0 Å². The minimum Gasteiger partial charge on any atom is -0.508 e. The molecule has 1 atom stereocenters. The first kappa shape index (κ1) is 18.2. The van der Waals surface area contributed by atoms with Gasteiger partial charge in [-0.15, -0.1) is 0 Å². The molecule has 0 aliphatic heterocycles. The fraction of sp³-hybridized carbons (Fsp3) is 0.0625. The molecule has 8 nitrogen and oxygen atoms in total. The molecule has 0 amide bonds. The van der Waals surface area contributed by atoms with E-state index in [0.29, 0.717) is 5.75 Å². The van der Waals surface area contributed by atoms with Crippen LogP contribution in [0.15, 0.2) is 54.6 Å². The lowest BCUT2D eigenvalue weighted by atomic mass is 9.88. The van der Waals surface area contributed by atoms with Gasteiger partial charge in [0.1, 0.15) is 5.75 Å². The average molecular weight is 360 g/mol. The second kappa shape index (κ2) is 7.18. The molecule has 1 aliphatic carbocycles. The van der Waals surface area contributed by atoms with Crippen LogP contribution in [0.25, 0.3) is 5.53 Å². The van der Waals surface area contributed by atoms with E-state index in [2.05, 4.69) is 4.79 Å². The SMILES string of the molecule is Oc1ccccc1.[N-]=[N+]=C1C(=O)c2ccccc2C(=O)C1S(=O)(=O)O. The Kier molecular flexibility index (Phi) is 5.23. The number of carbonyl (C=O) groups excluding carboxylic acids is 2. The smallest absolute Gasteiger partial charge is 0.367 e. The number of phenols is 1. The quantitative estimate of drug-likeness (QED) is 0.446. The maximum atomic E-state index is 11.9. The molecule has 0 bridgehead atoms. The van der Waals surface area contributed by atoms with E-state index < -0.39 is 32.6 Å². The van der Waals surface area contributed by atoms with Gasteiger partial charge in [0.15, 0.2) is 5.78 Å². The van der Waals surface area contributed by atoms with Gasteiger partial charge in [-0.25, -0.2) is 0 Å². The molecular formula is C16H12N2O6S. The fourth-order valence-corrected chi connectivity index (χ4v) is 3.05. The van der Waals surface area contributed by atoms with Crippen LogP contribution < -0.4 is 0 Å². The lowest BCUT2D eigenvalue weighted by molar-refractivity contribution is -0.00872. The zero-order chi connectivity index (χ0) is 18.6. The molecule has 0 radical (unpaired) electrons. The van der Waals surface area contributed by atoms with E-state index in [9.17, 15) is 18.0 Å². The number of phenolic OH excluding ortho intramolecular Hbond substituents is 1. The summed E-state index contributed by atoms with van der Waals surface area (Å²) >= 11 is 0. The van der Waals surface area contributed by atoms with Crippen LogP contribution in [0.4, 0.5) is 0 Å². The summed E-state index contributed by atoms with van der Waals surface area (Å²) < 4.78 is 31.2. The van der Waals surface area contributed by atoms with Crippen LogP contribution in [0, 0.1) is 0 Å². The maximum absolute atomic E-state index is 11.9. The summed E-state index contributed by atoms with van der Waals surface area (Å²) in [5.74, 6) is -1.58. The molecule has 0 heterocycles. The highest BCUT2D eigenvalue weighted by Gasteiger charge is 2.51. The van der Waals surface area contributed by atoms with Crippen molar-refractivity contribution < 1.29 is 32.5 Å². The van der Waals surface area contributed by atoms with Crippen LogP contribution in [0.5, 0.6) is 5.75 Å². The van der Waals surface area contributed by atoms with Crippen LogP contribution in [0.1, 0.15) is 20.7 Å². The van der Waals surface area contributed by atoms with Crippen molar-refractivity contribution in [2.75, 3.05) is 0 Å². The van der Waals surface area contributed by atoms with Gasteiger partial charge in [-0.3, -0.25) is 14.1 Å². The van der Waals surface area contributed by atoms with Crippen molar-refractivity contribution in [1.29, 1.82) is 0 Å². The Morgan fingerprint density at radius 3 is 1.88 bits per heavy atom. The number of para-hydroxylation sites is 1. The van der Waals surface area contributed by atoms with Gasteiger partial charge in [-0.2, -0.15) is 13.2 Å². The maximum Gasteiger partial charge on any atom is 0.367 e. The monoisotopic (exact) mass is 360 g/mol. The van der Waals surface area contributed by atoms with Crippen LogP contribution in [-0.2, 0) is 10.1 Å². The van der Waals surface area contributed by atoms with Crippen LogP contribution in [-0.4, -0.2) is 45.4 Å². The Labute approximate surface area is 142 Å². The van der Waals surface area contributed by atoms with Gasteiger partial charge in [0.2, 0.25) is 0 Å². The van der Waals surface area contributed by atoms with Crippen molar-refractivity contribution >= 4 is 27.4 Å². The molecule has 2 N–H and O–H groups in total. The fourth-order valence-electron chi connectivity index (χ4n) is 2.22. The lowest BCUT2D eigenvalue weighted by Gasteiger charge is -2.16. The third-order valence-electron chi connectivity index (χ3n) is 3.32. The molecule has 0 fully saturated rings. The summed E-state index contributed by atoms with van der Waals surface area (Å²) in [7, 11) is -4.87. The molecule has 0 saturated heterocycles. The second-order valence-electron chi connectivity index (χ2n) is 4.95. The minimum absolute atomic E-state index is 0.0600. The van der Waals surface area contributed by atoms with Crippen molar-refractivity contribution in [2.45, 2.75) is 5.25 Å². The number of rotatable bonds is 1. The molecule has 9 heteroatoms. The summed E-state index contributed by atoms with van der Waals surface area (Å²) in [6, 6.07) is 14.2. The zero-order valence-corrected chi connectivity index (χ0v) is 13.4. The summed E-state index contributed by atoms with van der Waals surface area (Å²) in [5.41, 5.74) is 7.59. The van der Waals surface area contributed by atoms with Gasteiger partial charge < -0.3 is 10.6 Å². The van der Waals surface area contributed by atoms with Crippen molar-refractivity contribution in [2.24, 2.45) is 0 Å². The first-order valence-corrected chi connectivity index (χ1v) is 8.38. The Hall–Kier alpha value is -3.13. The predicted octanol–water partition coefficient (Wildman–Crippen LogP) is 1.39. The highest BCUT2D eigenvalue weighted by atomic mass is 32.2. The first-order valence-electron chi connectivity index (χ1n) is 6.87. The minimum atomic E-state index is -4.87. The van der Waals surface area contributed by atoms with E-state index in [0.717, 1.165) is 0 Å². The number of hydrogen-bond donors (Lipinski definition) is 2. The molecular weight excluding hydrogens is 348 g/mol. The van der Waals surface area contributed by atoms with Gasteiger partial charge in [-0.05, 0) is 12.1 Å². The lowest BCUT2D eigenvalue weighted by Crippen LogP contribution is -2.46. The molecule has 2 aromatic carbocycles. The zero-order valence-electron chi connectivity index (χ0n) is 12.6. The van der Waals surface area contributed by atoms with E-state index in [1.807, 2.05) is 6.07 Å². The molecule has 1 aliphatic rings. The van der Waals surface area contributed by atoms with E-state index >= 15 is 0 Å². The molecule has 1 unspecified atom stereocenters. The van der Waals surface area contributed by atoms with Crippen molar-refractivity contribution in [3.63, 3.8) is 0 Å². The second-order valence-corrected chi connectivity index (χ2v) is 6.46. The predicted molar refractivity (Wildman–Crippen MR) is 87.2 cm³/mol. The van der Waals surface area contributed by atoms with Crippen molar-refractivity contribution in [3.05, 3.63) is 71.3 Å². The number of nitrogens with zero attached hydrogens (tertiary/aromatic N) is 2. The van der Waals surface area contributed by atoms with Gasteiger partial charge >= 0.3 is 5.71 Å². The molecule has 25 heavy (non-hydrogen) atoms. The number of carbonyl (C=O) groups is 2. The Morgan fingerprint density at radius 1 is 0.920 bits per heavy atom. The summed E-state index contributed by atoms with van der Waals surface area (Å²) in [5, 5.41) is 6.46. The molecule has 128 valence electrons. The van der Waals surface area contributed by atoms with Gasteiger partial charge in [0, 0.05) is 11.1 Å². The van der Waals surface area contributed by atoms with Crippen LogP contribution >= 0.6 is 0 Å². The van der Waals surface area contributed by atoms with E-state index in [1.54, 1.807) is 24.3 Å². The third-order valence-corrected chi connectivity index (χ3v) is 4.35. The van der Waals surface area contributed by atoms with Crippen molar-refractivity contribution in [3.8, 4) is 5.75 Å². The Bertz CT molecular complexity index is 979. The standard InChI is InChI=1S/C10H6N2O5S.C6H6O/c11-12-7-8(13)5-3-1-2-4-6(5)9(14)10(7)18(15,16)17;7-6-4-2-1-3-5-6/h1-4,10H,(H,15,16,17);1-5,7H. The number of aromatic hydroxyl groups is 1. The number of ketones is 2. The molecule has 2 aromatic rings. The largest absolute Gasteiger partial charge is 0.508 e. The van der Waals surface area contributed by atoms with Gasteiger partial charge in [-0.1, -0.05) is 42.5 Å². The van der Waals surface area contributed by atoms with E-state index in [1.165, 1.54) is 24.3 Å². The van der Waals surface area contributed by atoms with E-state index in [-0.39, 0.29) is 11.1 Å². The summed E-state index contributed by atoms with van der Waals surface area (Å²) in [6.45, 7) is 0. The Balaban J connectivity index is 0.000000269. The topological polar surface area (TPSA) is 145 Å². The normalized spacial score (nSPS) is 16.4. The molecule has 0 saturated carbocycles. The molecule has 0 spiro atoms. The highest BCUT2D eigenvalue weighted by molar-refractivity contribution is 7.88. The molecule has 0 aromatic heterocycles. The van der Waals surface area contributed by atoms with E-state index in [4.69, 9.17) is 15.2 Å². The van der Waals surface area contributed by atoms with Gasteiger partial charge in [0.25, 0.3) is 21.2 Å². The average Bonchev–Trinajstić information content (AvgIpc) is 2.58. The number of hydrogen-bond acceptors (Lipinski definition) is 5. The number of fused-ring (bicyclic) bond motifs is 1. The molecule has 3 rings (SSSR count). The summed E-state index contributed by atoms with van der Waals surface area (Å²) in [4.78, 5) is 26.3. The third kappa shape index (κ3) is 3.86. The first-order chi connectivity index (χ1) is 11.8.